The number of thiophene rings is 1. The molecule has 0 aliphatic heterocycles. The van der Waals surface area contributed by atoms with Gasteiger partial charge in [-0.05, 0) is 58.7 Å². The monoisotopic (exact) mass is 410 g/mol. The van der Waals surface area contributed by atoms with Crippen molar-refractivity contribution in [1.82, 2.24) is 0 Å². The number of halogens is 3. The van der Waals surface area contributed by atoms with Gasteiger partial charge in [0.25, 0.3) is 0 Å². The number of methoxy groups -OCH3 is 1. The van der Waals surface area contributed by atoms with Crippen LogP contribution in [0.2, 0.25) is 0 Å². The van der Waals surface area contributed by atoms with Crippen molar-refractivity contribution in [3.05, 3.63) is 90.5 Å². The Bertz CT molecular complexity index is 1090. The van der Waals surface area contributed by atoms with E-state index in [1.54, 1.807) is 18.4 Å². The fraction of sp³-hybridized carbons (Fsp3) is 0.0833. The zero-order valence-electron chi connectivity index (χ0n) is 15.5. The Morgan fingerprint density at radius 2 is 1.00 bits per heavy atom. The van der Waals surface area contributed by atoms with Gasteiger partial charge in [-0.25, -0.2) is 0 Å². The molecule has 0 fully saturated rings. The summed E-state index contributed by atoms with van der Waals surface area (Å²) in [5.74, 6) is 0.819. The molecule has 146 valence electrons. The van der Waals surface area contributed by atoms with Gasteiger partial charge in [0.05, 0.1) is 12.7 Å². The molecule has 0 amide bonds. The summed E-state index contributed by atoms with van der Waals surface area (Å²) in [4.78, 5) is 2.01. The maximum Gasteiger partial charge on any atom is 0.416 e. The average molecular weight is 410 g/mol. The van der Waals surface area contributed by atoms with E-state index in [-0.39, 0.29) is 0 Å². The summed E-state index contributed by atoms with van der Waals surface area (Å²) in [5, 5.41) is 0. The Morgan fingerprint density at radius 1 is 0.586 bits per heavy atom. The third-order valence-electron chi connectivity index (χ3n) is 4.70. The SMILES string of the molecule is COc1ccc(-c2ccc(-c3ccc(-c4ccc(C(F)(F)F)cc4)s3)cc2)cc1. The van der Waals surface area contributed by atoms with Crippen molar-refractivity contribution in [2.24, 2.45) is 0 Å². The molecule has 0 aliphatic carbocycles. The largest absolute Gasteiger partial charge is 0.497 e. The molecule has 0 bridgehead atoms. The van der Waals surface area contributed by atoms with E-state index in [0.717, 1.165) is 49.9 Å². The van der Waals surface area contributed by atoms with Gasteiger partial charge in [0.2, 0.25) is 0 Å². The number of rotatable bonds is 4. The fourth-order valence-electron chi connectivity index (χ4n) is 3.08. The molecule has 1 heterocycles. The molecule has 4 aromatic rings. The lowest BCUT2D eigenvalue weighted by molar-refractivity contribution is -0.137. The molecule has 0 saturated heterocycles. The van der Waals surface area contributed by atoms with Crippen molar-refractivity contribution in [2.45, 2.75) is 6.18 Å². The minimum absolute atomic E-state index is 0.632. The quantitative estimate of drug-likeness (QED) is 0.334. The highest BCUT2D eigenvalue weighted by atomic mass is 32.1. The van der Waals surface area contributed by atoms with Crippen molar-refractivity contribution in [1.29, 1.82) is 0 Å². The molecule has 5 heteroatoms. The highest BCUT2D eigenvalue weighted by molar-refractivity contribution is 7.18. The van der Waals surface area contributed by atoms with Crippen molar-refractivity contribution < 1.29 is 17.9 Å². The second kappa shape index (κ2) is 7.76. The molecule has 0 atom stereocenters. The molecule has 0 radical (unpaired) electrons. The van der Waals surface area contributed by atoms with Gasteiger partial charge < -0.3 is 4.74 Å². The average Bonchev–Trinajstić information content (AvgIpc) is 3.24. The minimum atomic E-state index is -4.31. The molecule has 0 spiro atoms. The van der Waals surface area contributed by atoms with Crippen LogP contribution in [0, 0.1) is 0 Å². The molecule has 1 aromatic heterocycles. The van der Waals surface area contributed by atoms with E-state index in [1.807, 2.05) is 36.4 Å². The van der Waals surface area contributed by atoms with E-state index in [1.165, 1.54) is 12.1 Å². The highest BCUT2D eigenvalue weighted by Crippen LogP contribution is 2.37. The molecular weight excluding hydrogens is 393 g/mol. The minimum Gasteiger partial charge on any atom is -0.497 e. The summed E-state index contributed by atoms with van der Waals surface area (Å²) in [7, 11) is 1.64. The van der Waals surface area contributed by atoms with E-state index in [9.17, 15) is 13.2 Å². The lowest BCUT2D eigenvalue weighted by atomic mass is 10.0. The Morgan fingerprint density at radius 3 is 1.45 bits per heavy atom. The van der Waals surface area contributed by atoms with E-state index in [2.05, 4.69) is 24.3 Å². The summed E-state index contributed by atoms with van der Waals surface area (Å²) in [5.41, 5.74) is 3.44. The molecule has 29 heavy (non-hydrogen) atoms. The van der Waals surface area contributed by atoms with Gasteiger partial charge in [-0.2, -0.15) is 13.2 Å². The van der Waals surface area contributed by atoms with Crippen LogP contribution in [0.1, 0.15) is 5.56 Å². The molecule has 3 aromatic carbocycles. The zero-order valence-corrected chi connectivity index (χ0v) is 16.3. The Hall–Kier alpha value is -3.05. The lowest BCUT2D eigenvalue weighted by Gasteiger charge is -2.06. The molecular formula is C24H17F3OS. The maximum absolute atomic E-state index is 12.7. The third-order valence-corrected chi connectivity index (χ3v) is 5.88. The third kappa shape index (κ3) is 4.20. The first-order chi connectivity index (χ1) is 13.9. The summed E-state index contributed by atoms with van der Waals surface area (Å²) in [6.07, 6.45) is -4.31. The van der Waals surface area contributed by atoms with Crippen LogP contribution in [-0.4, -0.2) is 7.11 Å². The van der Waals surface area contributed by atoms with Crippen LogP contribution in [0.4, 0.5) is 13.2 Å². The normalized spacial score (nSPS) is 11.4. The van der Waals surface area contributed by atoms with Crippen molar-refractivity contribution in [3.63, 3.8) is 0 Å². The van der Waals surface area contributed by atoms with E-state index < -0.39 is 11.7 Å². The second-order valence-electron chi connectivity index (χ2n) is 6.54. The van der Waals surface area contributed by atoms with Gasteiger partial charge in [0, 0.05) is 9.75 Å². The molecule has 0 aliphatic rings. The van der Waals surface area contributed by atoms with Crippen LogP contribution in [0.3, 0.4) is 0 Å². The van der Waals surface area contributed by atoms with Crippen LogP contribution in [0.25, 0.3) is 32.0 Å². The van der Waals surface area contributed by atoms with Crippen LogP contribution in [0.15, 0.2) is 84.9 Å². The van der Waals surface area contributed by atoms with E-state index >= 15 is 0 Å². The van der Waals surface area contributed by atoms with Crippen LogP contribution in [0.5, 0.6) is 5.75 Å². The molecule has 0 unspecified atom stereocenters. The second-order valence-corrected chi connectivity index (χ2v) is 7.63. The van der Waals surface area contributed by atoms with Gasteiger partial charge in [-0.15, -0.1) is 11.3 Å². The highest BCUT2D eigenvalue weighted by Gasteiger charge is 2.30. The number of ether oxygens (including phenoxy) is 1. The fourth-order valence-corrected chi connectivity index (χ4v) is 4.10. The van der Waals surface area contributed by atoms with Crippen molar-refractivity contribution in [2.75, 3.05) is 7.11 Å². The van der Waals surface area contributed by atoms with Crippen LogP contribution in [-0.2, 0) is 6.18 Å². The molecule has 0 saturated carbocycles. The molecule has 0 N–H and O–H groups in total. The number of hydrogen-bond donors (Lipinski definition) is 0. The van der Waals surface area contributed by atoms with Crippen molar-refractivity contribution in [3.8, 4) is 37.8 Å². The smallest absolute Gasteiger partial charge is 0.416 e. The number of benzene rings is 3. The number of alkyl halides is 3. The molecule has 1 nitrogen and oxygen atoms in total. The summed E-state index contributed by atoms with van der Waals surface area (Å²) < 4.78 is 43.4. The predicted molar refractivity (Wildman–Crippen MR) is 112 cm³/mol. The Labute approximate surface area is 171 Å². The van der Waals surface area contributed by atoms with Gasteiger partial charge in [0.1, 0.15) is 5.75 Å². The standard InChI is InChI=1S/C24H17F3OS/c1-28-21-12-8-17(9-13-21)16-2-4-18(5-3-16)22-14-15-23(29-22)19-6-10-20(11-7-19)24(25,26)27/h2-15H,1H3. The first-order valence-electron chi connectivity index (χ1n) is 8.96. The van der Waals surface area contributed by atoms with Crippen molar-refractivity contribution >= 4 is 11.3 Å². The first kappa shape index (κ1) is 19.3. The molecule has 4 rings (SSSR count). The number of hydrogen-bond acceptors (Lipinski definition) is 2. The van der Waals surface area contributed by atoms with Gasteiger partial charge in [0.15, 0.2) is 0 Å². The topological polar surface area (TPSA) is 9.23 Å². The lowest BCUT2D eigenvalue weighted by Crippen LogP contribution is -2.03. The summed E-state index contributed by atoms with van der Waals surface area (Å²) in [6.45, 7) is 0. The zero-order chi connectivity index (χ0) is 20.4. The van der Waals surface area contributed by atoms with Gasteiger partial charge in [-0.3, -0.25) is 0 Å². The predicted octanol–water partition coefficient (Wildman–Crippen LogP) is 7.78. The maximum atomic E-state index is 12.7. The summed E-state index contributed by atoms with van der Waals surface area (Å²) in [6, 6.07) is 25.4. The van der Waals surface area contributed by atoms with E-state index in [4.69, 9.17) is 4.74 Å². The van der Waals surface area contributed by atoms with Gasteiger partial charge >= 0.3 is 6.18 Å². The Kier molecular flexibility index (Phi) is 5.16. The first-order valence-corrected chi connectivity index (χ1v) is 9.78. The van der Waals surface area contributed by atoms with Crippen LogP contribution >= 0.6 is 11.3 Å². The Balaban J connectivity index is 1.54. The van der Waals surface area contributed by atoms with Crippen LogP contribution < -0.4 is 4.74 Å². The van der Waals surface area contributed by atoms with Gasteiger partial charge in [-0.1, -0.05) is 48.5 Å². The summed E-state index contributed by atoms with van der Waals surface area (Å²) >= 11 is 1.56. The van der Waals surface area contributed by atoms with E-state index in [0.29, 0.717) is 0 Å².